The normalized spacial score (nSPS) is 11.8. The van der Waals surface area contributed by atoms with E-state index < -0.39 is 0 Å². The van der Waals surface area contributed by atoms with Gasteiger partial charge in [0.1, 0.15) is 0 Å². The van der Waals surface area contributed by atoms with Gasteiger partial charge in [-0.15, -0.1) is 0 Å². The Bertz CT molecular complexity index is 1610. The number of ether oxygens (including phenoxy) is 2. The van der Waals surface area contributed by atoms with Gasteiger partial charge in [-0.25, -0.2) is 0 Å². The second-order valence-electron chi connectivity index (χ2n) is 10.0. The number of aryl methyl sites for hydroxylation is 2. The molecule has 4 nitrogen and oxygen atoms in total. The van der Waals surface area contributed by atoms with Crippen molar-refractivity contribution in [3.8, 4) is 33.8 Å². The Morgan fingerprint density at radius 1 is 0.750 bits per heavy atom. The standard InChI is InChI=1S/C18H18O3.C18H18O/c1-5-16(19)15-9-7-6-8-14(15)13-10-11-17(20-3)18(21-4)12(13)2;1-11-10-14-8-9-17(19)15-6-4-5-7-16(15)18(14)13(3)12(11)2/h5-11H,1H2,2-4H3;4-7,10H,8-9H2,1-3H3. The van der Waals surface area contributed by atoms with Crippen LogP contribution >= 0.6 is 0 Å². The number of carbonyl (C=O) groups is 2. The largest absolute Gasteiger partial charge is 0.493 e. The van der Waals surface area contributed by atoms with Crippen LogP contribution in [0.2, 0.25) is 0 Å². The van der Waals surface area contributed by atoms with Gasteiger partial charge in [-0.05, 0) is 90.8 Å². The van der Waals surface area contributed by atoms with E-state index in [2.05, 4.69) is 39.5 Å². The van der Waals surface area contributed by atoms with E-state index in [0.717, 1.165) is 34.2 Å². The lowest BCUT2D eigenvalue weighted by Crippen LogP contribution is -2.00. The molecule has 1 aliphatic carbocycles. The van der Waals surface area contributed by atoms with Crippen LogP contribution in [-0.2, 0) is 6.42 Å². The van der Waals surface area contributed by atoms with Crippen LogP contribution in [0.4, 0.5) is 0 Å². The molecule has 0 aromatic heterocycles. The zero-order chi connectivity index (χ0) is 29.0. The van der Waals surface area contributed by atoms with E-state index in [1.807, 2.05) is 55.5 Å². The first-order valence-corrected chi connectivity index (χ1v) is 13.4. The summed E-state index contributed by atoms with van der Waals surface area (Å²) < 4.78 is 10.7. The Morgan fingerprint density at radius 2 is 1.40 bits per heavy atom. The lowest BCUT2D eigenvalue weighted by atomic mass is 9.88. The molecule has 0 saturated heterocycles. The van der Waals surface area contributed by atoms with Crippen molar-refractivity contribution in [1.82, 2.24) is 0 Å². The molecule has 0 atom stereocenters. The van der Waals surface area contributed by atoms with E-state index in [-0.39, 0.29) is 11.6 Å². The second-order valence-corrected chi connectivity index (χ2v) is 10.0. The summed E-state index contributed by atoms with van der Waals surface area (Å²) in [5.74, 6) is 1.52. The second kappa shape index (κ2) is 12.2. The van der Waals surface area contributed by atoms with Gasteiger partial charge < -0.3 is 9.47 Å². The number of fused-ring (bicyclic) bond motifs is 3. The summed E-state index contributed by atoms with van der Waals surface area (Å²) in [4.78, 5) is 24.3. The predicted molar refractivity (Wildman–Crippen MR) is 163 cm³/mol. The monoisotopic (exact) mass is 532 g/mol. The fourth-order valence-electron chi connectivity index (χ4n) is 5.48. The molecule has 0 fully saturated rings. The molecule has 0 bridgehead atoms. The molecule has 4 aromatic rings. The zero-order valence-corrected chi connectivity index (χ0v) is 24.2. The van der Waals surface area contributed by atoms with Crippen molar-refractivity contribution in [1.29, 1.82) is 0 Å². The van der Waals surface area contributed by atoms with Gasteiger partial charge in [-0.3, -0.25) is 9.59 Å². The van der Waals surface area contributed by atoms with E-state index >= 15 is 0 Å². The van der Waals surface area contributed by atoms with Crippen molar-refractivity contribution in [2.24, 2.45) is 0 Å². The number of hydrogen-bond acceptors (Lipinski definition) is 4. The number of benzene rings is 4. The summed E-state index contributed by atoms with van der Waals surface area (Å²) in [5, 5.41) is 0. The average molecular weight is 533 g/mol. The van der Waals surface area contributed by atoms with Crippen LogP contribution in [0, 0.1) is 27.7 Å². The topological polar surface area (TPSA) is 52.6 Å². The van der Waals surface area contributed by atoms with Crippen molar-refractivity contribution >= 4 is 11.6 Å². The number of hydrogen-bond donors (Lipinski definition) is 0. The first-order chi connectivity index (χ1) is 19.2. The first-order valence-electron chi connectivity index (χ1n) is 13.4. The maximum Gasteiger partial charge on any atom is 0.185 e. The number of Topliss-reactive ketones (excluding diaryl/α,β-unsaturated/α-hetero) is 1. The Hall–Kier alpha value is -4.44. The molecule has 0 saturated carbocycles. The van der Waals surface area contributed by atoms with Crippen LogP contribution in [0.1, 0.15) is 55.0 Å². The summed E-state index contributed by atoms with van der Waals surface area (Å²) in [6.07, 6.45) is 2.80. The highest BCUT2D eigenvalue weighted by Gasteiger charge is 2.22. The molecule has 0 unspecified atom stereocenters. The van der Waals surface area contributed by atoms with Crippen LogP contribution in [0.15, 0.2) is 79.4 Å². The molecular weight excluding hydrogens is 496 g/mol. The van der Waals surface area contributed by atoms with Gasteiger partial charge in [-0.1, -0.05) is 67.2 Å². The van der Waals surface area contributed by atoms with Gasteiger partial charge in [0.05, 0.1) is 14.2 Å². The Balaban J connectivity index is 0.000000186. The van der Waals surface area contributed by atoms with Crippen LogP contribution in [0.5, 0.6) is 11.5 Å². The first kappa shape index (κ1) is 28.6. The number of methoxy groups -OCH3 is 2. The van der Waals surface area contributed by atoms with Crippen molar-refractivity contribution < 1.29 is 19.1 Å². The number of allylic oxidation sites excluding steroid dienone is 1. The van der Waals surface area contributed by atoms with E-state index in [1.54, 1.807) is 20.3 Å². The van der Waals surface area contributed by atoms with Gasteiger partial charge in [0.2, 0.25) is 0 Å². The van der Waals surface area contributed by atoms with E-state index in [4.69, 9.17) is 9.47 Å². The Kier molecular flexibility index (Phi) is 8.69. The summed E-state index contributed by atoms with van der Waals surface area (Å²) in [6, 6.07) is 21.5. The molecule has 0 spiro atoms. The van der Waals surface area contributed by atoms with Gasteiger partial charge in [0.15, 0.2) is 23.1 Å². The zero-order valence-electron chi connectivity index (χ0n) is 24.2. The van der Waals surface area contributed by atoms with Crippen molar-refractivity contribution in [3.05, 3.63) is 118 Å². The third-order valence-corrected chi connectivity index (χ3v) is 7.82. The van der Waals surface area contributed by atoms with Crippen LogP contribution in [-0.4, -0.2) is 25.8 Å². The highest BCUT2D eigenvalue weighted by atomic mass is 16.5. The van der Waals surface area contributed by atoms with Gasteiger partial charge in [-0.2, -0.15) is 0 Å². The third kappa shape index (κ3) is 5.35. The quantitative estimate of drug-likeness (QED) is 0.191. The Morgan fingerprint density at radius 3 is 2.05 bits per heavy atom. The molecule has 204 valence electrons. The van der Waals surface area contributed by atoms with Crippen molar-refractivity contribution in [3.63, 3.8) is 0 Å². The Labute approximate surface area is 237 Å². The molecule has 0 aliphatic heterocycles. The van der Waals surface area contributed by atoms with Crippen LogP contribution < -0.4 is 9.47 Å². The van der Waals surface area contributed by atoms with Crippen molar-refractivity contribution in [2.45, 2.75) is 40.5 Å². The molecule has 5 rings (SSSR count). The smallest absolute Gasteiger partial charge is 0.185 e. The fourth-order valence-corrected chi connectivity index (χ4v) is 5.48. The third-order valence-electron chi connectivity index (χ3n) is 7.82. The van der Waals surface area contributed by atoms with Crippen LogP contribution in [0.25, 0.3) is 22.3 Å². The number of ketones is 2. The van der Waals surface area contributed by atoms with E-state index in [1.165, 1.54) is 33.9 Å². The highest BCUT2D eigenvalue weighted by Crippen LogP contribution is 2.39. The minimum Gasteiger partial charge on any atom is -0.493 e. The maximum absolute atomic E-state index is 12.3. The van der Waals surface area contributed by atoms with Crippen LogP contribution in [0.3, 0.4) is 0 Å². The summed E-state index contributed by atoms with van der Waals surface area (Å²) in [7, 11) is 3.21. The van der Waals surface area contributed by atoms with Crippen molar-refractivity contribution in [2.75, 3.05) is 14.2 Å². The van der Waals surface area contributed by atoms with E-state index in [0.29, 0.717) is 23.5 Å². The van der Waals surface area contributed by atoms with Gasteiger partial charge in [0, 0.05) is 23.1 Å². The highest BCUT2D eigenvalue weighted by molar-refractivity contribution is 6.09. The minimum atomic E-state index is -0.0974. The molecule has 0 radical (unpaired) electrons. The maximum atomic E-state index is 12.3. The number of carbonyl (C=O) groups excluding carboxylic acids is 2. The molecule has 40 heavy (non-hydrogen) atoms. The molecule has 1 aliphatic rings. The SMILES string of the molecule is C=CC(=O)c1ccccc1-c1ccc(OC)c(OC)c1C.Cc1cc2c(c(C)c1C)-c1ccccc1C(=O)CC2. The molecule has 0 amide bonds. The molecule has 4 aromatic carbocycles. The molecule has 0 heterocycles. The summed E-state index contributed by atoms with van der Waals surface area (Å²) in [6.45, 7) is 12.0. The summed E-state index contributed by atoms with van der Waals surface area (Å²) >= 11 is 0. The van der Waals surface area contributed by atoms with E-state index in [9.17, 15) is 9.59 Å². The molecule has 0 N–H and O–H groups in total. The lowest BCUT2D eigenvalue weighted by Gasteiger charge is -2.16. The average Bonchev–Trinajstić information content (AvgIpc) is 3.12. The van der Waals surface area contributed by atoms with Gasteiger partial charge in [0.25, 0.3) is 0 Å². The fraction of sp³-hybridized carbons (Fsp3) is 0.222. The predicted octanol–water partition coefficient (Wildman–Crippen LogP) is 8.46. The number of rotatable bonds is 5. The summed E-state index contributed by atoms with van der Waals surface area (Å²) in [5.41, 5.74) is 11.9. The molecule has 4 heteroatoms. The minimum absolute atomic E-state index is 0.0974. The van der Waals surface area contributed by atoms with Gasteiger partial charge >= 0.3 is 0 Å². The molecular formula is C36H36O4. The lowest BCUT2D eigenvalue weighted by molar-refractivity contribution is 0.0983.